The van der Waals surface area contributed by atoms with Crippen LogP contribution < -0.4 is 5.32 Å². The number of aliphatic hydroxyl groups excluding tert-OH is 1. The van der Waals surface area contributed by atoms with E-state index in [2.05, 4.69) is 79.5 Å². The molecule has 3 atom stereocenters. The van der Waals surface area contributed by atoms with Gasteiger partial charge in [0.05, 0.1) is 15.9 Å². The van der Waals surface area contributed by atoms with Crippen molar-refractivity contribution in [1.29, 1.82) is 0 Å². The van der Waals surface area contributed by atoms with Gasteiger partial charge < -0.3 is 10.4 Å². The first-order valence-electron chi connectivity index (χ1n) is 14.3. The molecule has 6 nitrogen and oxygen atoms in total. The number of hydrogen-bond acceptors (Lipinski definition) is 7. The summed E-state index contributed by atoms with van der Waals surface area (Å²) in [7, 11) is 0. The number of aliphatic hydroxyl groups is 1. The molecule has 1 unspecified atom stereocenters. The van der Waals surface area contributed by atoms with Gasteiger partial charge in [-0.25, -0.2) is 0 Å². The van der Waals surface area contributed by atoms with Crippen LogP contribution >= 0.6 is 23.1 Å². The number of benzene rings is 3. The van der Waals surface area contributed by atoms with E-state index in [4.69, 9.17) is 0 Å². The number of likely N-dealkylation sites (tertiary alicyclic amines) is 1. The molecular weight excluding hydrogens is 551 g/mol. The minimum absolute atomic E-state index is 0.0194. The lowest BCUT2D eigenvalue weighted by Crippen LogP contribution is -2.50. The number of nitrogens with zero attached hydrogens (tertiary/aromatic N) is 2. The summed E-state index contributed by atoms with van der Waals surface area (Å²) in [6.07, 6.45) is 2.27. The fourth-order valence-corrected chi connectivity index (χ4v) is 7.78. The number of nitro benzene ring substituents is 1. The second-order valence-electron chi connectivity index (χ2n) is 11.7. The number of nitro groups is 1. The first-order valence-corrected chi connectivity index (χ1v) is 16.1. The van der Waals surface area contributed by atoms with Gasteiger partial charge in [-0.2, -0.15) is 0 Å². The second-order valence-corrected chi connectivity index (χ2v) is 14.1. The largest absolute Gasteiger partial charge is 0.390 e. The SMILES string of the molecule is CC(Sc1ccc(CN2CCC[C@@H]2[C@H](O)CNC(C)(C)Cc2ccc3ccccc3c2)cc1[N+](=O)[O-])c1cccs1. The van der Waals surface area contributed by atoms with Crippen molar-refractivity contribution in [3.63, 3.8) is 0 Å². The van der Waals surface area contributed by atoms with Crippen LogP contribution in [0.3, 0.4) is 0 Å². The number of thioether (sulfide) groups is 1. The monoisotopic (exact) mass is 589 g/mol. The number of fused-ring (bicyclic) bond motifs is 1. The lowest BCUT2D eigenvalue weighted by Gasteiger charge is -2.33. The van der Waals surface area contributed by atoms with Gasteiger partial charge in [0.25, 0.3) is 5.69 Å². The Bertz CT molecular complexity index is 1470. The van der Waals surface area contributed by atoms with E-state index >= 15 is 0 Å². The molecule has 41 heavy (non-hydrogen) atoms. The fourth-order valence-electron chi connectivity index (χ4n) is 5.83. The molecule has 2 heterocycles. The van der Waals surface area contributed by atoms with Crippen molar-refractivity contribution >= 4 is 39.6 Å². The van der Waals surface area contributed by atoms with E-state index < -0.39 is 6.10 Å². The van der Waals surface area contributed by atoms with Crippen LogP contribution in [0.4, 0.5) is 5.69 Å². The summed E-state index contributed by atoms with van der Waals surface area (Å²) in [4.78, 5) is 15.9. The van der Waals surface area contributed by atoms with Gasteiger partial charge >= 0.3 is 0 Å². The topological polar surface area (TPSA) is 78.6 Å². The zero-order chi connectivity index (χ0) is 29.0. The highest BCUT2D eigenvalue weighted by atomic mass is 32.2. The molecule has 0 radical (unpaired) electrons. The molecule has 1 fully saturated rings. The van der Waals surface area contributed by atoms with Gasteiger partial charge in [0.1, 0.15) is 0 Å². The van der Waals surface area contributed by atoms with Crippen LogP contribution in [0.1, 0.15) is 54.9 Å². The average Bonchev–Trinajstić information content (AvgIpc) is 3.65. The Balaban J connectivity index is 1.19. The van der Waals surface area contributed by atoms with Gasteiger partial charge in [-0.3, -0.25) is 15.0 Å². The van der Waals surface area contributed by atoms with Crippen molar-refractivity contribution in [3.8, 4) is 0 Å². The molecule has 0 spiro atoms. The summed E-state index contributed by atoms with van der Waals surface area (Å²) in [5, 5.41) is 31.5. The lowest BCUT2D eigenvalue weighted by atomic mass is 9.93. The minimum atomic E-state index is -0.523. The number of nitrogens with one attached hydrogen (secondary N) is 1. The molecule has 0 bridgehead atoms. The molecule has 1 aromatic heterocycles. The molecule has 1 aliphatic heterocycles. The number of rotatable bonds is 12. The normalized spacial score (nSPS) is 17.6. The van der Waals surface area contributed by atoms with E-state index in [-0.39, 0.29) is 27.4 Å². The smallest absolute Gasteiger partial charge is 0.283 e. The lowest BCUT2D eigenvalue weighted by molar-refractivity contribution is -0.387. The average molecular weight is 590 g/mol. The van der Waals surface area contributed by atoms with Gasteiger partial charge in [-0.1, -0.05) is 54.6 Å². The van der Waals surface area contributed by atoms with Crippen LogP contribution in [-0.4, -0.2) is 45.7 Å². The highest BCUT2D eigenvalue weighted by Gasteiger charge is 2.32. The van der Waals surface area contributed by atoms with Crippen LogP contribution in [0.25, 0.3) is 10.8 Å². The Hall–Kier alpha value is -2.75. The Morgan fingerprint density at radius 1 is 1.10 bits per heavy atom. The fraction of sp³-hybridized carbons (Fsp3) is 0.394. The van der Waals surface area contributed by atoms with E-state index in [1.807, 2.05) is 23.6 Å². The standard InChI is InChI=1S/C33H39N3O3S2/c1-23(31-11-7-17-40-31)41-32-15-13-25(19-29(32)36(38)39)22-35-16-6-10-28(35)30(37)21-34-33(2,3)20-24-12-14-26-8-4-5-9-27(26)18-24/h4-5,7-9,11-15,17-19,23,28,30,34,37H,6,10,16,20-22H2,1-3H3/t23?,28-,30-/m1/s1. The highest BCUT2D eigenvalue weighted by molar-refractivity contribution is 7.99. The van der Waals surface area contributed by atoms with Crippen molar-refractivity contribution < 1.29 is 10.0 Å². The zero-order valence-electron chi connectivity index (χ0n) is 24.0. The summed E-state index contributed by atoms with van der Waals surface area (Å²) >= 11 is 3.20. The predicted octanol–water partition coefficient (Wildman–Crippen LogP) is 7.60. The molecule has 216 valence electrons. The van der Waals surface area contributed by atoms with Crippen LogP contribution in [0, 0.1) is 10.1 Å². The van der Waals surface area contributed by atoms with Crippen molar-refractivity contribution in [2.24, 2.45) is 0 Å². The molecule has 1 aliphatic rings. The Labute approximate surface area is 250 Å². The van der Waals surface area contributed by atoms with Crippen molar-refractivity contribution in [3.05, 3.63) is 104 Å². The third-order valence-electron chi connectivity index (χ3n) is 7.96. The minimum Gasteiger partial charge on any atom is -0.390 e. The summed E-state index contributed by atoms with van der Waals surface area (Å²) in [5.74, 6) is 0. The van der Waals surface area contributed by atoms with Crippen LogP contribution in [-0.2, 0) is 13.0 Å². The maximum atomic E-state index is 12.0. The molecule has 4 aromatic rings. The van der Waals surface area contributed by atoms with Gasteiger partial charge in [-0.15, -0.1) is 23.1 Å². The summed E-state index contributed by atoms with van der Waals surface area (Å²) < 4.78 is 0. The van der Waals surface area contributed by atoms with Gasteiger partial charge in [0.2, 0.25) is 0 Å². The van der Waals surface area contributed by atoms with Gasteiger partial charge in [0, 0.05) is 40.9 Å². The molecule has 2 N–H and O–H groups in total. The molecule has 0 amide bonds. The van der Waals surface area contributed by atoms with Crippen LogP contribution in [0.5, 0.6) is 0 Å². The number of hydrogen-bond donors (Lipinski definition) is 2. The van der Waals surface area contributed by atoms with E-state index in [9.17, 15) is 15.2 Å². The number of thiophene rings is 1. The quantitative estimate of drug-likeness (QED) is 0.101. The van der Waals surface area contributed by atoms with Gasteiger partial charge in [-0.05, 0) is 86.0 Å². The van der Waals surface area contributed by atoms with E-state index in [0.717, 1.165) is 31.4 Å². The third kappa shape index (κ3) is 7.56. The molecular formula is C33H39N3O3S2. The molecule has 0 aliphatic carbocycles. The third-order valence-corrected chi connectivity index (χ3v) is 10.4. The summed E-state index contributed by atoms with van der Waals surface area (Å²) in [6, 6.07) is 24.7. The molecule has 1 saturated heterocycles. The van der Waals surface area contributed by atoms with Crippen molar-refractivity contribution in [2.45, 2.75) is 74.4 Å². The Morgan fingerprint density at radius 2 is 1.88 bits per heavy atom. The molecule has 8 heteroatoms. The van der Waals surface area contributed by atoms with E-state index in [0.29, 0.717) is 18.0 Å². The molecule has 5 rings (SSSR count). The van der Waals surface area contributed by atoms with Crippen LogP contribution in [0.15, 0.2) is 83.1 Å². The highest BCUT2D eigenvalue weighted by Crippen LogP contribution is 2.41. The summed E-state index contributed by atoms with van der Waals surface area (Å²) in [6.45, 7) is 8.41. The van der Waals surface area contributed by atoms with E-state index in [1.54, 1.807) is 17.4 Å². The Morgan fingerprint density at radius 3 is 2.63 bits per heavy atom. The van der Waals surface area contributed by atoms with Crippen LogP contribution in [0.2, 0.25) is 0 Å². The Kier molecular flexibility index (Phi) is 9.46. The predicted molar refractivity (Wildman–Crippen MR) is 171 cm³/mol. The summed E-state index contributed by atoms with van der Waals surface area (Å²) in [5.41, 5.74) is 2.16. The van der Waals surface area contributed by atoms with Crippen molar-refractivity contribution in [1.82, 2.24) is 10.2 Å². The number of β-amino-alcohol motifs (C(OH)–C–C–N with tert-alkyl or cyclic N) is 1. The van der Waals surface area contributed by atoms with Crippen molar-refractivity contribution in [2.75, 3.05) is 13.1 Å². The first kappa shape index (κ1) is 29.7. The maximum Gasteiger partial charge on any atom is 0.283 e. The maximum absolute atomic E-state index is 12.0. The zero-order valence-corrected chi connectivity index (χ0v) is 25.6. The molecule has 0 saturated carbocycles. The van der Waals surface area contributed by atoms with E-state index in [1.165, 1.54) is 33.0 Å². The second kappa shape index (κ2) is 13.0. The molecule has 3 aromatic carbocycles. The van der Waals surface area contributed by atoms with Gasteiger partial charge in [0.15, 0.2) is 0 Å². The first-order chi connectivity index (χ1) is 19.7.